The van der Waals surface area contributed by atoms with Crippen LogP contribution in [0.1, 0.15) is 25.0 Å². The van der Waals surface area contributed by atoms with Crippen LogP contribution >= 0.6 is 0 Å². The van der Waals surface area contributed by atoms with Crippen LogP contribution in [0.2, 0.25) is 0 Å². The first-order valence-corrected chi connectivity index (χ1v) is 19.4. The molecule has 10 aromatic rings. The van der Waals surface area contributed by atoms with E-state index in [1.807, 2.05) is 0 Å². The van der Waals surface area contributed by atoms with E-state index in [4.69, 9.17) is 0 Å². The van der Waals surface area contributed by atoms with Crippen molar-refractivity contribution in [1.82, 2.24) is 0 Å². The highest BCUT2D eigenvalue weighted by atomic mass is 14.4. The molecule has 1 aliphatic rings. The van der Waals surface area contributed by atoms with Gasteiger partial charge in [0.05, 0.1) is 0 Å². The average molecular weight is 699 g/mol. The SMILES string of the molecule is CC1(C)c2ccccc2-c2c1cc(-c1c3ccccc3c(-c3cccc(-c4ccccc4)c3)c3ccc(-c4cccc5ccccc45)cc13)c1ccccc21. The first-order valence-electron chi connectivity index (χ1n) is 19.4. The van der Waals surface area contributed by atoms with Gasteiger partial charge in [-0.05, 0) is 128 Å². The van der Waals surface area contributed by atoms with E-state index in [-0.39, 0.29) is 5.41 Å². The molecule has 0 fully saturated rings. The Hall–Kier alpha value is -6.76. The van der Waals surface area contributed by atoms with Gasteiger partial charge < -0.3 is 0 Å². The van der Waals surface area contributed by atoms with Crippen LogP contribution in [0, 0.1) is 0 Å². The first-order chi connectivity index (χ1) is 27.1. The van der Waals surface area contributed by atoms with Crippen LogP contribution in [0.5, 0.6) is 0 Å². The first kappa shape index (κ1) is 31.7. The lowest BCUT2D eigenvalue weighted by Gasteiger charge is -2.24. The molecule has 0 radical (unpaired) electrons. The van der Waals surface area contributed by atoms with Crippen molar-refractivity contribution in [1.29, 1.82) is 0 Å². The van der Waals surface area contributed by atoms with E-state index in [0.29, 0.717) is 0 Å². The van der Waals surface area contributed by atoms with Crippen molar-refractivity contribution >= 4 is 43.1 Å². The molecule has 0 N–H and O–H groups in total. The molecule has 11 rings (SSSR count). The second kappa shape index (κ2) is 12.1. The summed E-state index contributed by atoms with van der Waals surface area (Å²) in [5.74, 6) is 0. The van der Waals surface area contributed by atoms with Gasteiger partial charge in [0.25, 0.3) is 0 Å². The van der Waals surface area contributed by atoms with Gasteiger partial charge in [-0.25, -0.2) is 0 Å². The average Bonchev–Trinajstić information content (AvgIpc) is 3.48. The van der Waals surface area contributed by atoms with E-state index < -0.39 is 0 Å². The van der Waals surface area contributed by atoms with Crippen LogP contribution in [0.15, 0.2) is 194 Å². The fourth-order valence-electron chi connectivity index (χ4n) is 9.67. The normalized spacial score (nSPS) is 13.1. The highest BCUT2D eigenvalue weighted by molar-refractivity contribution is 6.25. The van der Waals surface area contributed by atoms with Crippen molar-refractivity contribution in [2.45, 2.75) is 19.3 Å². The van der Waals surface area contributed by atoms with Gasteiger partial charge in [-0.2, -0.15) is 0 Å². The van der Waals surface area contributed by atoms with Crippen LogP contribution in [0.3, 0.4) is 0 Å². The number of hydrogen-bond donors (Lipinski definition) is 0. The Morgan fingerprint density at radius 3 is 1.65 bits per heavy atom. The van der Waals surface area contributed by atoms with Gasteiger partial charge in [0, 0.05) is 5.41 Å². The van der Waals surface area contributed by atoms with Crippen molar-refractivity contribution in [2.75, 3.05) is 0 Å². The summed E-state index contributed by atoms with van der Waals surface area (Å²) < 4.78 is 0. The Morgan fingerprint density at radius 2 is 0.836 bits per heavy atom. The summed E-state index contributed by atoms with van der Waals surface area (Å²) in [6.07, 6.45) is 0. The topological polar surface area (TPSA) is 0 Å². The highest BCUT2D eigenvalue weighted by Gasteiger charge is 2.37. The molecule has 0 spiro atoms. The van der Waals surface area contributed by atoms with Crippen LogP contribution in [0.25, 0.3) is 98.7 Å². The van der Waals surface area contributed by atoms with Crippen molar-refractivity contribution in [3.05, 3.63) is 205 Å². The van der Waals surface area contributed by atoms with Gasteiger partial charge in [-0.3, -0.25) is 0 Å². The lowest BCUT2D eigenvalue weighted by Crippen LogP contribution is -2.15. The summed E-state index contributed by atoms with van der Waals surface area (Å²) in [6, 6.07) is 72.2. The van der Waals surface area contributed by atoms with Crippen molar-refractivity contribution in [2.24, 2.45) is 0 Å². The third-order valence-corrected chi connectivity index (χ3v) is 12.2. The Labute approximate surface area is 322 Å². The van der Waals surface area contributed by atoms with Gasteiger partial charge in [0.2, 0.25) is 0 Å². The lowest BCUT2D eigenvalue weighted by atomic mass is 9.78. The standard InChI is InChI=1S/C55H38/c1-55(2)50-29-13-12-27-47(50)54-43-24-9-8-23-42(43)49(34-51(54)55)53-45-26-11-10-25-44(45)52(39-21-14-20-37(32-39)35-16-4-3-5-17-35)46-31-30-38(33-48(46)53)41-28-15-19-36-18-6-7-22-40(36)41/h3-34H,1-2H3. The summed E-state index contributed by atoms with van der Waals surface area (Å²) in [7, 11) is 0. The van der Waals surface area contributed by atoms with Crippen molar-refractivity contribution in [3.63, 3.8) is 0 Å². The quantitative estimate of drug-likeness (QED) is 0.161. The van der Waals surface area contributed by atoms with Crippen molar-refractivity contribution in [3.8, 4) is 55.6 Å². The minimum Gasteiger partial charge on any atom is -0.0622 e. The number of benzene rings is 10. The summed E-state index contributed by atoms with van der Waals surface area (Å²) in [6.45, 7) is 4.79. The Kier molecular flexibility index (Phi) is 7.00. The predicted molar refractivity (Wildman–Crippen MR) is 236 cm³/mol. The monoisotopic (exact) mass is 698 g/mol. The van der Waals surface area contributed by atoms with E-state index in [0.717, 1.165) is 0 Å². The van der Waals surface area contributed by atoms with E-state index in [1.54, 1.807) is 0 Å². The Morgan fingerprint density at radius 1 is 0.273 bits per heavy atom. The molecule has 0 atom stereocenters. The number of fused-ring (bicyclic) bond motifs is 8. The molecular weight excluding hydrogens is 661 g/mol. The molecule has 0 bridgehead atoms. The molecular formula is C55H38. The smallest absolute Gasteiger partial charge is 0.0159 e. The van der Waals surface area contributed by atoms with Gasteiger partial charge >= 0.3 is 0 Å². The fraction of sp³-hybridized carbons (Fsp3) is 0.0545. The maximum atomic E-state index is 2.54. The van der Waals surface area contributed by atoms with Crippen LogP contribution in [-0.4, -0.2) is 0 Å². The molecule has 10 aromatic carbocycles. The maximum Gasteiger partial charge on any atom is 0.0159 e. The van der Waals surface area contributed by atoms with Gasteiger partial charge in [-0.1, -0.05) is 190 Å². The molecule has 1 aliphatic carbocycles. The third kappa shape index (κ3) is 4.78. The molecule has 0 aromatic heterocycles. The molecule has 0 nitrogen and oxygen atoms in total. The van der Waals surface area contributed by atoms with Gasteiger partial charge in [-0.15, -0.1) is 0 Å². The van der Waals surface area contributed by atoms with Crippen LogP contribution in [-0.2, 0) is 5.41 Å². The minimum atomic E-state index is -0.137. The maximum absolute atomic E-state index is 2.54. The molecule has 0 unspecified atom stereocenters. The van der Waals surface area contributed by atoms with E-state index in [2.05, 4.69) is 208 Å². The summed E-state index contributed by atoms with van der Waals surface area (Å²) in [5.41, 5.74) is 15.4. The molecule has 0 heterocycles. The molecule has 258 valence electrons. The zero-order valence-electron chi connectivity index (χ0n) is 31.0. The molecule has 0 saturated heterocycles. The van der Waals surface area contributed by atoms with Crippen molar-refractivity contribution < 1.29 is 0 Å². The van der Waals surface area contributed by atoms with Gasteiger partial charge in [0.15, 0.2) is 0 Å². The van der Waals surface area contributed by atoms with Crippen LogP contribution in [0.4, 0.5) is 0 Å². The zero-order chi connectivity index (χ0) is 36.7. The molecule has 0 heteroatoms. The molecule has 0 aliphatic heterocycles. The van der Waals surface area contributed by atoms with E-state index in [1.165, 1.54) is 110 Å². The highest BCUT2D eigenvalue weighted by Crippen LogP contribution is 2.55. The predicted octanol–water partition coefficient (Wildman–Crippen LogP) is 15.3. The summed E-state index contributed by atoms with van der Waals surface area (Å²) >= 11 is 0. The Bertz CT molecular complexity index is 3160. The summed E-state index contributed by atoms with van der Waals surface area (Å²) in [4.78, 5) is 0. The molecule has 0 saturated carbocycles. The zero-order valence-corrected chi connectivity index (χ0v) is 31.0. The fourth-order valence-corrected chi connectivity index (χ4v) is 9.67. The third-order valence-electron chi connectivity index (χ3n) is 12.2. The minimum absolute atomic E-state index is 0.137. The molecule has 0 amide bonds. The second-order valence-electron chi connectivity index (χ2n) is 15.6. The van der Waals surface area contributed by atoms with E-state index >= 15 is 0 Å². The lowest BCUT2D eigenvalue weighted by molar-refractivity contribution is 0.661. The Balaban J connectivity index is 1.29. The van der Waals surface area contributed by atoms with Gasteiger partial charge in [0.1, 0.15) is 0 Å². The second-order valence-corrected chi connectivity index (χ2v) is 15.6. The number of rotatable bonds is 4. The summed E-state index contributed by atoms with van der Waals surface area (Å²) in [5, 5.41) is 10.2. The number of hydrogen-bond acceptors (Lipinski definition) is 0. The largest absolute Gasteiger partial charge is 0.0622 e. The van der Waals surface area contributed by atoms with Crippen LogP contribution < -0.4 is 0 Å². The van der Waals surface area contributed by atoms with E-state index in [9.17, 15) is 0 Å². The molecule has 55 heavy (non-hydrogen) atoms.